The summed E-state index contributed by atoms with van der Waals surface area (Å²) >= 11 is 0. The highest BCUT2D eigenvalue weighted by atomic mass is 16.5. The Morgan fingerprint density at radius 1 is 0.650 bits per heavy atom. The Balaban J connectivity index is 1.85. The van der Waals surface area contributed by atoms with Gasteiger partial charge in [-0.3, -0.25) is 48.1 Å². The predicted molar refractivity (Wildman–Crippen MR) is 283 cm³/mol. The molecular weight excluding hydrogens is 1050 g/mol. The molecule has 7 atom stereocenters. The molecule has 3 amide bonds. The number of aromatic nitrogens is 3. The van der Waals surface area contributed by atoms with Gasteiger partial charge < -0.3 is 67.8 Å². The number of nitrogen functional groups attached to an aromatic ring is 2. The number of aryl methyl sites for hydroxylation is 2. The molecule has 0 saturated heterocycles. The van der Waals surface area contributed by atoms with Crippen molar-refractivity contribution in [2.45, 2.75) is 107 Å². The standard InChI is InChI=1S/C53H68N10O17/c1-76-47(71)33(54)18-23-38(65)53(51(75)80-5,63(39(66)24-19-34(55)48(72)77-2)40(67)25-20-35(56)49(73)78-3)42(32(46(69)70)26-29-10-7-6-8-11-29)37(64)22-21-36(50(74)79-4)60-45(68)30-16-14-28(15-17-30)12-9-13-31-27-59-44-41(31)43(57)61-52(58)62-44/h6-8,10-11,14-17,27,32-36,42H,9,12-13,18-26,54-56H2,1-5H3,(H,60,68)(H,69,70)(H5,57,58,59,61,62)/t32?,33-,34-,35-,36-,42?,53-/m0/s1. The smallest absolute Gasteiger partial charge is 0.340 e. The Kier molecular flexibility index (Phi) is 23.8. The highest BCUT2D eigenvalue weighted by Gasteiger charge is 2.65. The third-order valence-electron chi connectivity index (χ3n) is 13.4. The number of H-pyrrole nitrogens is 1. The topological polar surface area (TPSA) is 441 Å². The zero-order valence-corrected chi connectivity index (χ0v) is 44.9. The van der Waals surface area contributed by atoms with Crippen molar-refractivity contribution in [1.82, 2.24) is 25.2 Å². The summed E-state index contributed by atoms with van der Waals surface area (Å²) in [5.74, 6) is -19.2. The fourth-order valence-electron chi connectivity index (χ4n) is 9.21. The first-order valence-electron chi connectivity index (χ1n) is 25.1. The van der Waals surface area contributed by atoms with Crippen LogP contribution in [0.25, 0.3) is 11.0 Å². The molecule has 2 unspecified atom stereocenters. The van der Waals surface area contributed by atoms with Crippen LogP contribution in [0.3, 0.4) is 0 Å². The second-order valence-corrected chi connectivity index (χ2v) is 18.5. The lowest BCUT2D eigenvalue weighted by Gasteiger charge is -2.45. The molecule has 2 aromatic carbocycles. The van der Waals surface area contributed by atoms with E-state index in [0.717, 1.165) is 46.7 Å². The van der Waals surface area contributed by atoms with Crippen LogP contribution < -0.4 is 34.0 Å². The van der Waals surface area contributed by atoms with Gasteiger partial charge in [0.1, 0.15) is 41.4 Å². The molecule has 2 aromatic heterocycles. The van der Waals surface area contributed by atoms with Crippen molar-refractivity contribution in [3.05, 3.63) is 83.0 Å². The van der Waals surface area contributed by atoms with E-state index in [0.29, 0.717) is 30.3 Å². The molecule has 27 nitrogen and oxygen atoms in total. The highest BCUT2D eigenvalue weighted by molar-refractivity contribution is 6.19. The van der Waals surface area contributed by atoms with Crippen LogP contribution in [-0.4, -0.2) is 155 Å². The van der Waals surface area contributed by atoms with Gasteiger partial charge in [-0.1, -0.05) is 42.5 Å². The molecule has 4 aromatic rings. The maximum Gasteiger partial charge on any atom is 0.340 e. The van der Waals surface area contributed by atoms with E-state index in [4.69, 9.17) is 42.9 Å². The number of rotatable bonds is 31. The van der Waals surface area contributed by atoms with Crippen molar-refractivity contribution in [2.75, 3.05) is 47.0 Å². The van der Waals surface area contributed by atoms with Crippen molar-refractivity contribution in [2.24, 2.45) is 29.0 Å². The molecule has 2 heterocycles. The summed E-state index contributed by atoms with van der Waals surface area (Å²) in [6, 6.07) is 7.46. The monoisotopic (exact) mass is 1120 g/mol. The second kappa shape index (κ2) is 29.9. The minimum Gasteiger partial charge on any atom is -0.481 e. The van der Waals surface area contributed by atoms with Crippen LogP contribution in [-0.2, 0) is 90.9 Å². The number of hydrogen-bond donors (Lipinski definition) is 8. The molecule has 0 saturated carbocycles. The number of ketones is 2. The summed E-state index contributed by atoms with van der Waals surface area (Å²) in [4.78, 5) is 166. The van der Waals surface area contributed by atoms with Crippen LogP contribution in [0.4, 0.5) is 11.8 Å². The lowest BCUT2D eigenvalue weighted by molar-refractivity contribution is -0.182. The van der Waals surface area contributed by atoms with Crippen LogP contribution in [0, 0.1) is 11.8 Å². The number of carbonyl (C=O) groups excluding carboxylic acids is 10. The van der Waals surface area contributed by atoms with Crippen LogP contribution in [0.15, 0.2) is 60.8 Å². The average molecular weight is 1120 g/mol. The molecule has 0 spiro atoms. The van der Waals surface area contributed by atoms with Crippen molar-refractivity contribution in [3.8, 4) is 0 Å². The summed E-state index contributed by atoms with van der Waals surface area (Å²) in [6.07, 6.45) is -3.71. The first-order valence-corrected chi connectivity index (χ1v) is 25.1. The summed E-state index contributed by atoms with van der Waals surface area (Å²) < 4.78 is 24.2. The van der Waals surface area contributed by atoms with Gasteiger partial charge in [-0.15, -0.1) is 0 Å². The summed E-state index contributed by atoms with van der Waals surface area (Å²) in [6.45, 7) is 0. The fourth-order valence-corrected chi connectivity index (χ4v) is 9.21. The number of carboxylic acid groups (broad SMARTS) is 1. The van der Waals surface area contributed by atoms with E-state index in [-0.39, 0.29) is 27.8 Å². The maximum absolute atomic E-state index is 15.5. The number of hydrogen-bond acceptors (Lipinski definition) is 23. The predicted octanol–water partition coefficient (Wildman–Crippen LogP) is 0.156. The largest absolute Gasteiger partial charge is 0.481 e. The van der Waals surface area contributed by atoms with Crippen LogP contribution in [0.2, 0.25) is 0 Å². The minimum absolute atomic E-state index is 0.0287. The zero-order valence-electron chi connectivity index (χ0n) is 44.9. The Morgan fingerprint density at radius 3 is 1.70 bits per heavy atom. The molecule has 4 rings (SSSR count). The lowest BCUT2D eigenvalue weighted by Crippen LogP contribution is -2.71. The number of esters is 5. The summed E-state index contributed by atoms with van der Waals surface area (Å²) in [5, 5.41) is 14.4. The number of carboxylic acids is 1. The number of anilines is 2. The number of imide groups is 1. The quantitative estimate of drug-likeness (QED) is 0.0189. The highest BCUT2D eigenvalue weighted by Crippen LogP contribution is 2.40. The van der Waals surface area contributed by atoms with Crippen LogP contribution in [0.1, 0.15) is 84.8 Å². The third kappa shape index (κ3) is 16.0. The SMILES string of the molecule is COC(=O)[C@H](CCC(=O)C(C(Cc1ccccc1)C(=O)O)[C@@](C(=O)CC[C@H](N)C(=O)OC)(C(=O)OC)N(C(=O)CC[C@H](N)C(=O)OC)C(=O)CC[C@H](N)C(=O)OC)NC(=O)c1ccc(CCCc2c[nH]c3nc(N)nc(N)c23)cc1. The molecule has 13 N–H and O–H groups in total. The number of methoxy groups -OCH3 is 5. The van der Waals surface area contributed by atoms with Crippen LogP contribution in [0.5, 0.6) is 0 Å². The fraction of sp³-hybridized carbons (Fsp3) is 0.453. The lowest BCUT2D eigenvalue weighted by atomic mass is 9.66. The second-order valence-electron chi connectivity index (χ2n) is 18.5. The number of aliphatic carboxylic acids is 1. The van der Waals surface area contributed by atoms with E-state index in [2.05, 4.69) is 29.7 Å². The Labute approximate surface area is 459 Å². The molecule has 0 radical (unpaired) electrons. The maximum atomic E-state index is 15.5. The van der Waals surface area contributed by atoms with E-state index in [1.807, 2.05) is 0 Å². The first-order chi connectivity index (χ1) is 38.0. The number of carbonyl (C=O) groups is 11. The number of nitrogens with two attached hydrogens (primary N) is 5. The molecule has 0 aliphatic heterocycles. The van der Waals surface area contributed by atoms with Gasteiger partial charge in [-0.25, -0.2) is 9.59 Å². The molecule has 432 valence electrons. The number of amides is 3. The van der Waals surface area contributed by atoms with Gasteiger partial charge in [0.15, 0.2) is 5.78 Å². The number of fused-ring (bicyclic) bond motifs is 1. The van der Waals surface area contributed by atoms with Gasteiger partial charge >= 0.3 is 35.8 Å². The summed E-state index contributed by atoms with van der Waals surface area (Å²) in [5.41, 5.74) is 28.6. The molecule has 0 bridgehead atoms. The molecule has 27 heteroatoms. The Hall–Kier alpha value is -8.69. The number of Topliss-reactive ketones (excluding diaryl/α,β-unsaturated/α-hetero) is 2. The third-order valence-corrected chi connectivity index (χ3v) is 13.4. The van der Waals surface area contributed by atoms with Crippen molar-refractivity contribution >= 4 is 87.9 Å². The van der Waals surface area contributed by atoms with E-state index >= 15 is 14.4 Å². The van der Waals surface area contributed by atoms with Gasteiger partial charge in [0.25, 0.3) is 5.91 Å². The van der Waals surface area contributed by atoms with E-state index < -0.39 is 164 Å². The molecule has 0 fully saturated rings. The van der Waals surface area contributed by atoms with Crippen molar-refractivity contribution < 1.29 is 81.5 Å². The van der Waals surface area contributed by atoms with Gasteiger partial charge in [-0.2, -0.15) is 9.97 Å². The van der Waals surface area contributed by atoms with Crippen LogP contribution >= 0.6 is 0 Å². The number of aromatic amines is 1. The molecule has 0 aliphatic rings. The number of nitrogens with one attached hydrogen (secondary N) is 2. The van der Waals surface area contributed by atoms with Gasteiger partial charge in [0, 0.05) is 37.4 Å². The normalized spacial score (nSPS) is 14.1. The number of benzene rings is 2. The molecule has 0 aliphatic carbocycles. The minimum atomic E-state index is -3.64. The van der Waals surface area contributed by atoms with E-state index in [1.54, 1.807) is 24.4 Å². The zero-order chi connectivity index (χ0) is 59.4. The van der Waals surface area contributed by atoms with Gasteiger partial charge in [0.05, 0.1) is 52.8 Å². The number of ether oxygens (including phenoxy) is 5. The van der Waals surface area contributed by atoms with Gasteiger partial charge in [0.2, 0.25) is 23.3 Å². The van der Waals surface area contributed by atoms with E-state index in [1.165, 1.54) is 36.4 Å². The summed E-state index contributed by atoms with van der Waals surface area (Å²) in [7, 11) is 4.68. The van der Waals surface area contributed by atoms with Crippen molar-refractivity contribution in [3.63, 3.8) is 0 Å². The Bertz CT molecular complexity index is 2860. The Morgan fingerprint density at radius 2 is 1.19 bits per heavy atom. The van der Waals surface area contributed by atoms with Crippen molar-refractivity contribution in [1.29, 1.82) is 0 Å². The molecular formula is C53H68N10O17. The average Bonchev–Trinajstić information content (AvgIpc) is 3.93. The first kappa shape index (κ1) is 63.8. The molecule has 80 heavy (non-hydrogen) atoms. The van der Waals surface area contributed by atoms with Gasteiger partial charge in [-0.05, 0) is 80.2 Å². The van der Waals surface area contributed by atoms with E-state index in [9.17, 15) is 43.5 Å². The number of nitrogens with zero attached hydrogens (tertiary/aromatic N) is 3.